The molecule has 0 atom stereocenters. The van der Waals surface area contributed by atoms with Gasteiger partial charge in [-0.25, -0.2) is 14.6 Å². The van der Waals surface area contributed by atoms with E-state index < -0.39 is 0 Å². The molecule has 1 aromatic carbocycles. The lowest BCUT2D eigenvalue weighted by Crippen LogP contribution is -2.02. The van der Waals surface area contributed by atoms with Crippen LogP contribution in [0.15, 0.2) is 42.6 Å². The summed E-state index contributed by atoms with van der Waals surface area (Å²) in [5.74, 6) is 2.94. The molecular weight excluding hydrogens is 302 g/mol. The van der Waals surface area contributed by atoms with Crippen LogP contribution in [-0.4, -0.2) is 34.7 Å². The smallest absolute Gasteiger partial charge is 0.165 e. The Balaban J connectivity index is 1.70. The summed E-state index contributed by atoms with van der Waals surface area (Å²) in [5, 5.41) is 13.0. The molecule has 1 aliphatic rings. The summed E-state index contributed by atoms with van der Waals surface area (Å²) in [5.41, 5.74) is 2.80. The van der Waals surface area contributed by atoms with Crippen molar-refractivity contribution >= 4 is 11.0 Å². The zero-order valence-electron chi connectivity index (χ0n) is 13.2. The van der Waals surface area contributed by atoms with Gasteiger partial charge in [-0.15, -0.1) is 10.2 Å². The molecule has 0 bridgehead atoms. The van der Waals surface area contributed by atoms with E-state index in [0.29, 0.717) is 5.92 Å². The van der Waals surface area contributed by atoms with Crippen LogP contribution in [-0.2, 0) is 7.05 Å². The SMILES string of the molecule is Cn1nnc2cc(-c3nc(C4CC4)nn3-c3ccccn3)ccc21. The Kier molecular flexibility index (Phi) is 2.76. The van der Waals surface area contributed by atoms with Crippen molar-refractivity contribution in [1.82, 2.24) is 34.7 Å². The molecule has 7 nitrogen and oxygen atoms in total. The third-order valence-corrected chi connectivity index (χ3v) is 4.30. The highest BCUT2D eigenvalue weighted by molar-refractivity contribution is 5.80. The van der Waals surface area contributed by atoms with Crippen molar-refractivity contribution in [2.24, 2.45) is 7.05 Å². The molecule has 24 heavy (non-hydrogen) atoms. The molecule has 3 heterocycles. The van der Waals surface area contributed by atoms with Crippen molar-refractivity contribution in [2.75, 3.05) is 0 Å². The van der Waals surface area contributed by atoms with E-state index >= 15 is 0 Å². The van der Waals surface area contributed by atoms with Crippen LogP contribution >= 0.6 is 0 Å². The van der Waals surface area contributed by atoms with Crippen molar-refractivity contribution in [3.63, 3.8) is 0 Å². The largest absolute Gasteiger partial charge is 0.248 e. The lowest BCUT2D eigenvalue weighted by atomic mass is 10.2. The van der Waals surface area contributed by atoms with E-state index in [1.165, 1.54) is 0 Å². The number of aryl methyl sites for hydroxylation is 1. The first kappa shape index (κ1) is 13.4. The molecule has 1 fully saturated rings. The van der Waals surface area contributed by atoms with Gasteiger partial charge in [-0.3, -0.25) is 0 Å². The minimum atomic E-state index is 0.481. The second kappa shape index (κ2) is 4.95. The van der Waals surface area contributed by atoms with E-state index in [0.717, 1.165) is 46.9 Å². The van der Waals surface area contributed by atoms with Crippen LogP contribution in [0.3, 0.4) is 0 Å². The fourth-order valence-corrected chi connectivity index (χ4v) is 2.85. The molecule has 5 rings (SSSR count). The van der Waals surface area contributed by atoms with Gasteiger partial charge in [-0.1, -0.05) is 11.3 Å². The maximum absolute atomic E-state index is 4.79. The van der Waals surface area contributed by atoms with Gasteiger partial charge in [-0.05, 0) is 43.2 Å². The summed E-state index contributed by atoms with van der Waals surface area (Å²) in [4.78, 5) is 9.21. The van der Waals surface area contributed by atoms with Gasteiger partial charge >= 0.3 is 0 Å². The first-order chi connectivity index (χ1) is 11.8. The zero-order valence-corrected chi connectivity index (χ0v) is 13.2. The summed E-state index contributed by atoms with van der Waals surface area (Å²) >= 11 is 0. The Hall–Kier alpha value is -3.09. The predicted octanol–water partition coefficient (Wildman–Crippen LogP) is 2.49. The number of nitrogens with zero attached hydrogens (tertiary/aromatic N) is 7. The topological polar surface area (TPSA) is 74.3 Å². The van der Waals surface area contributed by atoms with Gasteiger partial charge in [0.2, 0.25) is 0 Å². The van der Waals surface area contributed by atoms with Gasteiger partial charge in [0.1, 0.15) is 5.52 Å². The van der Waals surface area contributed by atoms with Gasteiger partial charge in [0, 0.05) is 24.7 Å². The minimum Gasteiger partial charge on any atom is -0.248 e. The highest BCUT2D eigenvalue weighted by atomic mass is 15.4. The number of fused-ring (bicyclic) bond motifs is 1. The van der Waals surface area contributed by atoms with E-state index in [9.17, 15) is 0 Å². The molecule has 4 aromatic rings. The number of rotatable bonds is 3. The summed E-state index contributed by atoms with van der Waals surface area (Å²) in [6.45, 7) is 0. The Morgan fingerprint density at radius 2 is 2.04 bits per heavy atom. The van der Waals surface area contributed by atoms with Gasteiger partial charge in [-0.2, -0.15) is 4.68 Å². The molecule has 3 aromatic heterocycles. The van der Waals surface area contributed by atoms with E-state index in [-0.39, 0.29) is 0 Å². The molecule has 0 N–H and O–H groups in total. The van der Waals surface area contributed by atoms with Crippen molar-refractivity contribution < 1.29 is 0 Å². The fraction of sp³-hybridized carbons (Fsp3) is 0.235. The Bertz CT molecular complexity index is 1030. The van der Waals surface area contributed by atoms with Crippen LogP contribution in [0.2, 0.25) is 0 Å². The second-order valence-electron chi connectivity index (χ2n) is 6.08. The standard InChI is InChI=1S/C17H15N7/c1-23-14-8-7-12(10-13(14)20-22-23)17-19-16(11-5-6-11)21-24(17)15-4-2-3-9-18-15/h2-4,7-11H,5-6H2,1H3. The molecule has 0 radical (unpaired) electrons. The normalized spacial score (nSPS) is 14.4. The average Bonchev–Trinajstić information content (AvgIpc) is 3.28. The highest BCUT2D eigenvalue weighted by Gasteiger charge is 2.29. The third-order valence-electron chi connectivity index (χ3n) is 4.30. The second-order valence-corrected chi connectivity index (χ2v) is 6.08. The summed E-state index contributed by atoms with van der Waals surface area (Å²) < 4.78 is 3.59. The van der Waals surface area contributed by atoms with E-state index in [1.54, 1.807) is 10.9 Å². The number of benzene rings is 1. The Labute approximate surface area is 138 Å². The molecule has 7 heteroatoms. The molecular formula is C17H15N7. The van der Waals surface area contributed by atoms with Crippen LogP contribution in [0.1, 0.15) is 24.6 Å². The number of pyridine rings is 1. The first-order valence-electron chi connectivity index (χ1n) is 7.98. The van der Waals surface area contributed by atoms with E-state index in [4.69, 9.17) is 10.1 Å². The minimum absolute atomic E-state index is 0.481. The Morgan fingerprint density at radius 1 is 1.12 bits per heavy atom. The molecule has 0 saturated heterocycles. The van der Waals surface area contributed by atoms with E-state index in [1.807, 2.05) is 48.1 Å². The fourth-order valence-electron chi connectivity index (χ4n) is 2.85. The lowest BCUT2D eigenvalue weighted by Gasteiger charge is -2.04. The van der Waals surface area contributed by atoms with Crippen LogP contribution in [0.4, 0.5) is 0 Å². The van der Waals surface area contributed by atoms with E-state index in [2.05, 4.69) is 15.3 Å². The van der Waals surface area contributed by atoms with Gasteiger partial charge in [0.25, 0.3) is 0 Å². The number of hydrogen-bond donors (Lipinski definition) is 0. The highest BCUT2D eigenvalue weighted by Crippen LogP contribution is 2.39. The lowest BCUT2D eigenvalue weighted by molar-refractivity contribution is 0.736. The van der Waals surface area contributed by atoms with Crippen molar-refractivity contribution in [3.8, 4) is 17.2 Å². The molecule has 0 spiro atoms. The van der Waals surface area contributed by atoms with Crippen molar-refractivity contribution in [3.05, 3.63) is 48.4 Å². The number of aromatic nitrogens is 7. The van der Waals surface area contributed by atoms with Crippen LogP contribution in [0.5, 0.6) is 0 Å². The average molecular weight is 317 g/mol. The van der Waals surface area contributed by atoms with Crippen LogP contribution < -0.4 is 0 Å². The zero-order chi connectivity index (χ0) is 16.1. The van der Waals surface area contributed by atoms with Gasteiger partial charge in [0.15, 0.2) is 17.5 Å². The molecule has 118 valence electrons. The Morgan fingerprint density at radius 3 is 2.83 bits per heavy atom. The van der Waals surface area contributed by atoms with Gasteiger partial charge < -0.3 is 0 Å². The summed E-state index contributed by atoms with van der Waals surface area (Å²) in [6.07, 6.45) is 4.09. The first-order valence-corrected chi connectivity index (χ1v) is 7.98. The maximum Gasteiger partial charge on any atom is 0.165 e. The molecule has 1 saturated carbocycles. The van der Waals surface area contributed by atoms with Gasteiger partial charge in [0.05, 0.1) is 5.52 Å². The predicted molar refractivity (Wildman–Crippen MR) is 88.6 cm³/mol. The third kappa shape index (κ3) is 2.09. The quantitative estimate of drug-likeness (QED) is 0.580. The maximum atomic E-state index is 4.79. The number of hydrogen-bond acceptors (Lipinski definition) is 5. The molecule has 0 aliphatic heterocycles. The van der Waals surface area contributed by atoms with Crippen molar-refractivity contribution in [2.45, 2.75) is 18.8 Å². The molecule has 1 aliphatic carbocycles. The monoisotopic (exact) mass is 317 g/mol. The van der Waals surface area contributed by atoms with Crippen LogP contribution in [0, 0.1) is 0 Å². The summed E-state index contributed by atoms with van der Waals surface area (Å²) in [7, 11) is 1.89. The molecule has 0 unspecified atom stereocenters. The van der Waals surface area contributed by atoms with Crippen molar-refractivity contribution in [1.29, 1.82) is 0 Å². The summed E-state index contributed by atoms with van der Waals surface area (Å²) in [6, 6.07) is 11.8. The molecule has 0 amide bonds. The van der Waals surface area contributed by atoms with Crippen LogP contribution in [0.25, 0.3) is 28.2 Å².